The topological polar surface area (TPSA) is 138 Å². The zero-order valence-corrected chi connectivity index (χ0v) is 27.7. The number of benzene rings is 2. The van der Waals surface area contributed by atoms with Gasteiger partial charge in [-0.15, -0.1) is 11.3 Å². The van der Waals surface area contributed by atoms with Crippen LogP contribution in [0.2, 0.25) is 10.0 Å². The predicted octanol–water partition coefficient (Wildman–Crippen LogP) is 6.63. The van der Waals surface area contributed by atoms with Gasteiger partial charge >= 0.3 is 5.97 Å². The molecule has 0 radical (unpaired) electrons. The Morgan fingerprint density at radius 3 is 2.60 bits per heavy atom. The van der Waals surface area contributed by atoms with Gasteiger partial charge in [-0.3, -0.25) is 9.59 Å². The summed E-state index contributed by atoms with van der Waals surface area (Å²) in [6.07, 6.45) is 3.12. The van der Waals surface area contributed by atoms with Gasteiger partial charge in [0.25, 0.3) is 0 Å². The number of nitrogens with one attached hydrogen (secondary N) is 4. The molecule has 2 aromatic carbocycles. The number of hydrogen-bond donors (Lipinski definition) is 5. The molecule has 1 aliphatic heterocycles. The molecule has 0 spiro atoms. The van der Waals surface area contributed by atoms with Crippen LogP contribution in [-0.4, -0.2) is 53.2 Å². The van der Waals surface area contributed by atoms with Crippen molar-refractivity contribution in [2.45, 2.75) is 32.0 Å². The lowest BCUT2D eigenvalue weighted by molar-refractivity contribution is -0.136. The van der Waals surface area contributed by atoms with Crippen LogP contribution >= 0.6 is 34.5 Å². The monoisotopic (exact) mass is 690 g/mol. The fourth-order valence-electron chi connectivity index (χ4n) is 5.54. The molecule has 3 aromatic heterocycles. The van der Waals surface area contributed by atoms with E-state index < -0.39 is 5.97 Å². The molecule has 1 atom stereocenters. The summed E-state index contributed by atoms with van der Waals surface area (Å²) in [7, 11) is 1.59. The van der Waals surface area contributed by atoms with Gasteiger partial charge in [-0.1, -0.05) is 59.6 Å². The molecule has 5 N–H and O–H groups in total. The molecule has 1 amide bonds. The standard InChI is InChI=1S/C34H32Cl2N6O4S/c1-46-34-19(15-37-16-20-9-11-29(43)40-20)8-10-26(42-34)24-6-2-4-22(31(24)35)23-5-3-7-27(32(23)36)41-33-25-14-21(17-38-18-30(44)45)47-28(25)12-13-39-33/h2-8,10,12-14,20,37-38H,9,11,15-18H2,1H3,(H,39,41)(H,40,43)(H,44,45). The highest BCUT2D eigenvalue weighted by atomic mass is 35.5. The molecule has 10 nitrogen and oxygen atoms in total. The number of carbonyl (C=O) groups is 2. The van der Waals surface area contributed by atoms with Crippen molar-refractivity contribution < 1.29 is 19.4 Å². The summed E-state index contributed by atoms with van der Waals surface area (Å²) in [5, 5.41) is 23.5. The van der Waals surface area contributed by atoms with Crippen LogP contribution in [-0.2, 0) is 22.7 Å². The molecule has 0 aliphatic carbocycles. The first-order valence-electron chi connectivity index (χ1n) is 15.0. The maximum absolute atomic E-state index is 11.5. The summed E-state index contributed by atoms with van der Waals surface area (Å²) in [5.74, 6) is 0.324. The molecule has 5 aromatic rings. The Morgan fingerprint density at radius 2 is 1.83 bits per heavy atom. The summed E-state index contributed by atoms with van der Waals surface area (Å²) in [5.41, 5.74) is 4.44. The summed E-state index contributed by atoms with van der Waals surface area (Å²) in [6, 6.07) is 19.4. The van der Waals surface area contributed by atoms with E-state index in [1.54, 1.807) is 24.6 Å². The fraction of sp³-hybridized carbons (Fsp3) is 0.235. The fourth-order valence-corrected chi connectivity index (χ4v) is 7.17. The zero-order valence-electron chi connectivity index (χ0n) is 25.4. The second-order valence-electron chi connectivity index (χ2n) is 11.0. The van der Waals surface area contributed by atoms with Crippen molar-refractivity contribution in [1.29, 1.82) is 0 Å². The Labute approximate surface area is 285 Å². The van der Waals surface area contributed by atoms with Crippen molar-refractivity contribution in [3.8, 4) is 28.3 Å². The predicted molar refractivity (Wildman–Crippen MR) is 187 cm³/mol. The molecule has 1 saturated heterocycles. The van der Waals surface area contributed by atoms with E-state index in [2.05, 4.69) is 26.3 Å². The number of carbonyl (C=O) groups excluding carboxylic acids is 1. The Kier molecular flexibility index (Phi) is 10.2. The number of aliphatic carboxylic acids is 1. The SMILES string of the molecule is COc1nc(-c2cccc(-c3cccc(Nc4nccc5sc(CNCC(=O)O)cc45)c3Cl)c2Cl)ccc1CNCC1CCC(=O)N1. The number of pyridine rings is 2. The van der Waals surface area contributed by atoms with Gasteiger partial charge in [0, 0.05) is 75.5 Å². The minimum absolute atomic E-state index is 0.0936. The molecule has 1 aliphatic rings. The second-order valence-corrected chi connectivity index (χ2v) is 13.0. The summed E-state index contributed by atoms with van der Waals surface area (Å²) >= 11 is 15.6. The summed E-state index contributed by atoms with van der Waals surface area (Å²) < 4.78 is 6.65. The van der Waals surface area contributed by atoms with E-state index in [9.17, 15) is 9.59 Å². The molecule has 242 valence electrons. The van der Waals surface area contributed by atoms with Crippen LogP contribution in [0.25, 0.3) is 32.5 Å². The van der Waals surface area contributed by atoms with Crippen molar-refractivity contribution in [1.82, 2.24) is 25.9 Å². The van der Waals surface area contributed by atoms with Crippen LogP contribution < -0.4 is 26.0 Å². The third-order valence-corrected chi connectivity index (χ3v) is 9.73. The first-order chi connectivity index (χ1) is 22.8. The smallest absolute Gasteiger partial charge is 0.317 e. The average Bonchev–Trinajstić information content (AvgIpc) is 3.68. The van der Waals surface area contributed by atoms with Crippen molar-refractivity contribution >= 4 is 68.0 Å². The van der Waals surface area contributed by atoms with Gasteiger partial charge in [-0.05, 0) is 30.7 Å². The molecule has 0 bridgehead atoms. The number of methoxy groups -OCH3 is 1. The van der Waals surface area contributed by atoms with Crippen LogP contribution in [0.15, 0.2) is 66.9 Å². The van der Waals surface area contributed by atoms with E-state index in [0.717, 1.165) is 43.6 Å². The molecule has 47 heavy (non-hydrogen) atoms. The van der Waals surface area contributed by atoms with Gasteiger partial charge in [0.05, 0.1) is 35.1 Å². The van der Waals surface area contributed by atoms with Gasteiger partial charge in [-0.25, -0.2) is 9.97 Å². The number of halogens is 2. The third kappa shape index (κ3) is 7.50. The maximum Gasteiger partial charge on any atom is 0.317 e. The van der Waals surface area contributed by atoms with Gasteiger partial charge in [-0.2, -0.15) is 0 Å². The second kappa shape index (κ2) is 14.7. The number of carboxylic acids is 1. The highest BCUT2D eigenvalue weighted by Gasteiger charge is 2.21. The van der Waals surface area contributed by atoms with Crippen molar-refractivity contribution in [3.05, 3.63) is 87.3 Å². The molecular formula is C34H32Cl2N6O4S. The van der Waals surface area contributed by atoms with Crippen LogP contribution in [0.4, 0.5) is 11.5 Å². The number of thiophene rings is 1. The number of hydrogen-bond acceptors (Lipinski definition) is 9. The first kappa shape index (κ1) is 32.7. The lowest BCUT2D eigenvalue weighted by atomic mass is 10.00. The molecule has 0 saturated carbocycles. The normalized spacial score (nSPS) is 14.4. The van der Waals surface area contributed by atoms with Crippen LogP contribution in [0.5, 0.6) is 5.88 Å². The van der Waals surface area contributed by atoms with E-state index >= 15 is 0 Å². The number of amides is 1. The average molecular weight is 692 g/mol. The number of nitrogens with zero attached hydrogens (tertiary/aromatic N) is 2. The number of fused-ring (bicyclic) bond motifs is 1. The van der Waals surface area contributed by atoms with Crippen LogP contribution in [0.3, 0.4) is 0 Å². The number of ether oxygens (including phenoxy) is 1. The van der Waals surface area contributed by atoms with Gasteiger partial charge in [0.2, 0.25) is 11.8 Å². The Bertz CT molecular complexity index is 1950. The van der Waals surface area contributed by atoms with E-state index in [-0.39, 0.29) is 18.5 Å². The Hall–Kier alpha value is -4.26. The minimum atomic E-state index is -0.902. The van der Waals surface area contributed by atoms with E-state index in [0.29, 0.717) is 59.2 Å². The Morgan fingerprint density at radius 1 is 1.04 bits per heavy atom. The van der Waals surface area contributed by atoms with Crippen LogP contribution in [0.1, 0.15) is 23.3 Å². The Balaban J connectivity index is 1.23. The quantitative estimate of drug-likeness (QED) is 0.0922. The molecule has 13 heteroatoms. The first-order valence-corrected chi connectivity index (χ1v) is 16.6. The summed E-state index contributed by atoms with van der Waals surface area (Å²) in [4.78, 5) is 32.7. The third-order valence-electron chi connectivity index (χ3n) is 7.81. The van der Waals surface area contributed by atoms with Crippen LogP contribution in [0, 0.1) is 0 Å². The summed E-state index contributed by atoms with van der Waals surface area (Å²) in [6.45, 7) is 1.55. The van der Waals surface area contributed by atoms with Gasteiger partial charge in [0.1, 0.15) is 5.82 Å². The van der Waals surface area contributed by atoms with E-state index in [4.69, 9.17) is 38.0 Å². The number of anilines is 2. The van der Waals surface area contributed by atoms with Gasteiger partial charge in [0.15, 0.2) is 0 Å². The van der Waals surface area contributed by atoms with E-state index in [1.807, 2.05) is 60.7 Å². The highest BCUT2D eigenvalue weighted by Crippen LogP contribution is 2.42. The molecule has 4 heterocycles. The van der Waals surface area contributed by atoms with E-state index in [1.165, 1.54) is 0 Å². The number of carboxylic acid groups (broad SMARTS) is 1. The molecule has 1 fully saturated rings. The lowest BCUT2D eigenvalue weighted by Gasteiger charge is -2.16. The molecular weight excluding hydrogens is 659 g/mol. The molecule has 6 rings (SSSR count). The highest BCUT2D eigenvalue weighted by molar-refractivity contribution is 7.19. The minimum Gasteiger partial charge on any atom is -0.481 e. The largest absolute Gasteiger partial charge is 0.481 e. The number of aromatic nitrogens is 2. The maximum atomic E-state index is 11.5. The number of rotatable bonds is 13. The van der Waals surface area contributed by atoms with Crippen molar-refractivity contribution in [2.75, 3.05) is 25.5 Å². The zero-order chi connectivity index (χ0) is 32.9. The molecule has 1 unspecified atom stereocenters. The van der Waals surface area contributed by atoms with Crippen molar-refractivity contribution in [3.63, 3.8) is 0 Å². The van der Waals surface area contributed by atoms with Crippen molar-refractivity contribution in [2.24, 2.45) is 0 Å². The van der Waals surface area contributed by atoms with Gasteiger partial charge < -0.3 is 31.1 Å². The lowest BCUT2D eigenvalue weighted by Crippen LogP contribution is -2.35.